The Bertz CT molecular complexity index is 768. The van der Waals surface area contributed by atoms with Crippen LogP contribution in [0.15, 0.2) is 48.5 Å². The Morgan fingerprint density at radius 3 is 2.23 bits per heavy atom. The predicted octanol–water partition coefficient (Wildman–Crippen LogP) is 3.60. The number of nitrogens with one attached hydrogen (secondary N) is 1. The van der Waals surface area contributed by atoms with E-state index in [1.165, 1.54) is 13.8 Å². The van der Waals surface area contributed by atoms with Gasteiger partial charge in [0.25, 0.3) is 0 Å². The fraction of sp³-hybridized carbons (Fsp3) is 0.300. The first-order chi connectivity index (χ1) is 12.3. The molecule has 2 rings (SSSR count). The molecule has 0 unspecified atom stereocenters. The zero-order valence-corrected chi connectivity index (χ0v) is 15.1. The molecule has 6 nitrogen and oxygen atoms in total. The van der Waals surface area contributed by atoms with Gasteiger partial charge in [0.2, 0.25) is 5.91 Å². The van der Waals surface area contributed by atoms with Crippen molar-refractivity contribution >= 4 is 11.9 Å². The maximum atomic E-state index is 11.9. The molecule has 0 radical (unpaired) electrons. The van der Waals surface area contributed by atoms with E-state index in [-0.39, 0.29) is 12.3 Å². The molecule has 0 aliphatic carbocycles. The maximum Gasteiger partial charge on any atom is 0.309 e. The summed E-state index contributed by atoms with van der Waals surface area (Å²) in [5.74, 6) is 0.616. The minimum Gasteiger partial charge on any atom is -0.493 e. The van der Waals surface area contributed by atoms with Crippen LogP contribution >= 0.6 is 0 Å². The molecule has 0 bridgehead atoms. The first-order valence-corrected chi connectivity index (χ1v) is 8.22. The largest absolute Gasteiger partial charge is 0.493 e. The fourth-order valence-corrected chi connectivity index (χ4v) is 2.25. The third-order valence-electron chi connectivity index (χ3n) is 3.89. The summed E-state index contributed by atoms with van der Waals surface area (Å²) in [5.41, 5.74) is -0.199. The van der Waals surface area contributed by atoms with Gasteiger partial charge in [0.05, 0.1) is 12.5 Å². The zero-order chi connectivity index (χ0) is 19.2. The summed E-state index contributed by atoms with van der Waals surface area (Å²) < 4.78 is 11.0. The van der Waals surface area contributed by atoms with Gasteiger partial charge in [-0.1, -0.05) is 24.3 Å². The number of aliphatic carboxylic acids is 1. The van der Waals surface area contributed by atoms with Crippen molar-refractivity contribution in [1.82, 2.24) is 5.32 Å². The molecule has 0 heterocycles. The molecule has 0 saturated carbocycles. The SMILES string of the molecule is COc1ccccc1Oc1ccc(CNC(=O)CC(C)(C)C(=O)O)cc1. The number of hydrogen-bond donors (Lipinski definition) is 2. The first kappa shape index (κ1) is 19.3. The molecule has 2 N–H and O–H groups in total. The number of rotatable bonds is 8. The average molecular weight is 357 g/mol. The lowest BCUT2D eigenvalue weighted by Gasteiger charge is -2.18. The van der Waals surface area contributed by atoms with Crippen molar-refractivity contribution in [3.8, 4) is 17.2 Å². The van der Waals surface area contributed by atoms with Crippen LogP contribution in [0, 0.1) is 5.41 Å². The van der Waals surface area contributed by atoms with Gasteiger partial charge in [0.1, 0.15) is 5.75 Å². The van der Waals surface area contributed by atoms with Crippen LogP contribution in [0.3, 0.4) is 0 Å². The number of methoxy groups -OCH3 is 1. The third kappa shape index (κ3) is 5.24. The topological polar surface area (TPSA) is 84.9 Å². The summed E-state index contributed by atoms with van der Waals surface area (Å²) in [6.45, 7) is 3.38. The minimum atomic E-state index is -1.09. The lowest BCUT2D eigenvalue weighted by atomic mass is 9.89. The van der Waals surface area contributed by atoms with Gasteiger partial charge in [-0.05, 0) is 43.7 Å². The number of hydrogen-bond acceptors (Lipinski definition) is 4. The fourth-order valence-electron chi connectivity index (χ4n) is 2.25. The average Bonchev–Trinajstić information content (AvgIpc) is 2.61. The van der Waals surface area contributed by atoms with E-state index in [0.29, 0.717) is 23.8 Å². The molecule has 138 valence electrons. The molecular formula is C20H23NO5. The number of amides is 1. The van der Waals surface area contributed by atoms with Crippen LogP contribution < -0.4 is 14.8 Å². The Morgan fingerprint density at radius 1 is 1.04 bits per heavy atom. The quantitative estimate of drug-likeness (QED) is 0.754. The number of carboxylic acids is 1. The smallest absolute Gasteiger partial charge is 0.309 e. The van der Waals surface area contributed by atoms with Crippen LogP contribution in [0.2, 0.25) is 0 Å². The molecule has 2 aromatic rings. The van der Waals surface area contributed by atoms with Crippen LogP contribution in [0.5, 0.6) is 17.2 Å². The number of carboxylic acid groups (broad SMARTS) is 1. The second kappa shape index (κ2) is 8.38. The number of ether oxygens (including phenoxy) is 2. The summed E-state index contributed by atoms with van der Waals surface area (Å²) in [7, 11) is 1.58. The highest BCUT2D eigenvalue weighted by molar-refractivity contribution is 5.84. The molecule has 0 spiro atoms. The van der Waals surface area contributed by atoms with Crippen molar-refractivity contribution in [2.45, 2.75) is 26.8 Å². The first-order valence-electron chi connectivity index (χ1n) is 8.22. The van der Waals surface area contributed by atoms with Gasteiger partial charge in [-0.2, -0.15) is 0 Å². The second-order valence-corrected chi connectivity index (χ2v) is 6.54. The Morgan fingerprint density at radius 2 is 1.65 bits per heavy atom. The number of benzene rings is 2. The highest BCUT2D eigenvalue weighted by Crippen LogP contribution is 2.30. The van der Waals surface area contributed by atoms with Gasteiger partial charge in [0.15, 0.2) is 11.5 Å². The molecule has 0 aliphatic heterocycles. The summed E-state index contributed by atoms with van der Waals surface area (Å²) in [6, 6.07) is 14.6. The van der Waals surface area contributed by atoms with E-state index in [1.807, 2.05) is 36.4 Å². The van der Waals surface area contributed by atoms with E-state index >= 15 is 0 Å². The lowest BCUT2D eigenvalue weighted by Crippen LogP contribution is -2.33. The molecule has 0 aliphatic rings. The zero-order valence-electron chi connectivity index (χ0n) is 15.1. The Balaban J connectivity index is 1.91. The summed E-state index contributed by atoms with van der Waals surface area (Å²) >= 11 is 0. The Kier molecular flexibility index (Phi) is 6.22. The standard InChI is InChI=1S/C20H23NO5/c1-20(2,19(23)24)12-18(22)21-13-14-8-10-15(11-9-14)26-17-7-5-4-6-16(17)25-3/h4-11H,12-13H2,1-3H3,(H,21,22)(H,23,24). The molecule has 0 fully saturated rings. The molecule has 0 saturated heterocycles. The second-order valence-electron chi connectivity index (χ2n) is 6.54. The van der Waals surface area contributed by atoms with Crippen LogP contribution in [0.25, 0.3) is 0 Å². The van der Waals surface area contributed by atoms with E-state index in [2.05, 4.69) is 5.32 Å². The monoisotopic (exact) mass is 357 g/mol. The van der Waals surface area contributed by atoms with Crippen LogP contribution in [0.1, 0.15) is 25.8 Å². The molecule has 0 aromatic heterocycles. The molecule has 2 aromatic carbocycles. The molecule has 26 heavy (non-hydrogen) atoms. The van der Waals surface area contributed by atoms with Gasteiger partial charge in [-0.25, -0.2) is 0 Å². The Hall–Kier alpha value is -3.02. The van der Waals surface area contributed by atoms with Gasteiger partial charge < -0.3 is 19.9 Å². The normalized spacial score (nSPS) is 10.9. The number of carbonyl (C=O) groups excluding carboxylic acids is 1. The number of carbonyl (C=O) groups is 2. The summed E-state index contributed by atoms with van der Waals surface area (Å²) in [5, 5.41) is 11.8. The van der Waals surface area contributed by atoms with E-state index in [0.717, 1.165) is 5.56 Å². The van der Waals surface area contributed by atoms with E-state index in [1.54, 1.807) is 19.2 Å². The number of para-hydroxylation sites is 2. The van der Waals surface area contributed by atoms with E-state index in [9.17, 15) is 9.59 Å². The van der Waals surface area contributed by atoms with Crippen LogP contribution in [-0.4, -0.2) is 24.1 Å². The van der Waals surface area contributed by atoms with Crippen molar-refractivity contribution in [3.05, 3.63) is 54.1 Å². The molecule has 0 atom stereocenters. The minimum absolute atomic E-state index is 0.0721. The maximum absolute atomic E-state index is 11.9. The molecule has 6 heteroatoms. The summed E-state index contributed by atoms with van der Waals surface area (Å²) in [4.78, 5) is 23.0. The van der Waals surface area contributed by atoms with Gasteiger partial charge in [-0.3, -0.25) is 9.59 Å². The van der Waals surface area contributed by atoms with Gasteiger partial charge in [-0.15, -0.1) is 0 Å². The van der Waals surface area contributed by atoms with Gasteiger partial charge >= 0.3 is 5.97 Å². The van der Waals surface area contributed by atoms with Crippen LogP contribution in [0.4, 0.5) is 0 Å². The highest BCUT2D eigenvalue weighted by atomic mass is 16.5. The Labute approximate surface area is 152 Å². The molecular weight excluding hydrogens is 334 g/mol. The van der Waals surface area contributed by atoms with E-state index < -0.39 is 11.4 Å². The van der Waals surface area contributed by atoms with Crippen molar-refractivity contribution in [2.24, 2.45) is 5.41 Å². The lowest BCUT2D eigenvalue weighted by molar-refractivity contribution is -0.149. The third-order valence-corrected chi connectivity index (χ3v) is 3.89. The van der Waals surface area contributed by atoms with Crippen molar-refractivity contribution < 1.29 is 24.2 Å². The molecule has 1 amide bonds. The van der Waals surface area contributed by atoms with Gasteiger partial charge in [0, 0.05) is 13.0 Å². The van der Waals surface area contributed by atoms with Crippen molar-refractivity contribution in [3.63, 3.8) is 0 Å². The van der Waals surface area contributed by atoms with Crippen molar-refractivity contribution in [1.29, 1.82) is 0 Å². The predicted molar refractivity (Wildman–Crippen MR) is 97.4 cm³/mol. The highest BCUT2D eigenvalue weighted by Gasteiger charge is 2.29. The summed E-state index contributed by atoms with van der Waals surface area (Å²) in [6.07, 6.45) is -0.0721. The van der Waals surface area contributed by atoms with E-state index in [4.69, 9.17) is 14.6 Å². The van der Waals surface area contributed by atoms with Crippen LogP contribution in [-0.2, 0) is 16.1 Å². The van der Waals surface area contributed by atoms with Crippen molar-refractivity contribution in [2.75, 3.05) is 7.11 Å².